The first kappa shape index (κ1) is 24.4. The largest absolute Gasteiger partial charge is 0.382 e. The number of aliphatic imine (C=N–C) groups is 1. The van der Waals surface area contributed by atoms with Crippen LogP contribution in [-0.4, -0.2) is 33.2 Å². The molecule has 0 aliphatic heterocycles. The molecule has 3 N–H and O–H groups in total. The fourth-order valence-electron chi connectivity index (χ4n) is 5.51. The number of rotatable bonds is 7. The maximum absolute atomic E-state index is 13.4. The van der Waals surface area contributed by atoms with E-state index in [1.807, 2.05) is 26.1 Å². The average molecular weight is 463 g/mol. The summed E-state index contributed by atoms with van der Waals surface area (Å²) in [7, 11) is 0. The molecule has 2 aliphatic rings. The van der Waals surface area contributed by atoms with Crippen LogP contribution in [0.15, 0.2) is 42.3 Å². The van der Waals surface area contributed by atoms with E-state index in [2.05, 4.69) is 39.8 Å². The Kier molecular flexibility index (Phi) is 6.81. The molecule has 3 atom stereocenters. The topological polar surface area (TPSA) is 90.4 Å². The maximum Gasteiger partial charge on any atom is 0.223 e. The third-order valence-electron chi connectivity index (χ3n) is 8.12. The van der Waals surface area contributed by atoms with Crippen molar-refractivity contribution in [2.75, 3.05) is 6.54 Å². The number of carbonyl (C=O) groups excluding carboxylic acids is 1. The molecule has 0 radical (unpaired) electrons. The molecule has 2 heterocycles. The van der Waals surface area contributed by atoms with E-state index in [0.717, 1.165) is 66.6 Å². The fraction of sp³-hybridized carbons (Fsp3) is 0.536. The van der Waals surface area contributed by atoms with Gasteiger partial charge in [0.05, 0.1) is 18.0 Å². The Labute approximate surface area is 203 Å². The van der Waals surface area contributed by atoms with Crippen LogP contribution >= 0.6 is 0 Å². The number of aryl methyl sites for hydroxylation is 3. The molecule has 1 amide bonds. The summed E-state index contributed by atoms with van der Waals surface area (Å²) in [5, 5.41) is 14.1. The van der Waals surface area contributed by atoms with E-state index in [1.165, 1.54) is 0 Å². The first-order valence-electron chi connectivity index (χ1n) is 12.4. The highest BCUT2D eigenvalue weighted by molar-refractivity contribution is 6.03. The third kappa shape index (κ3) is 4.88. The van der Waals surface area contributed by atoms with Crippen molar-refractivity contribution in [3.63, 3.8) is 0 Å². The minimum Gasteiger partial charge on any atom is -0.382 e. The van der Waals surface area contributed by atoms with Crippen molar-refractivity contribution in [2.24, 2.45) is 22.2 Å². The number of carbonyl (C=O) groups is 1. The number of aromatic amines is 1. The Morgan fingerprint density at radius 2 is 2.06 bits per heavy atom. The van der Waals surface area contributed by atoms with Gasteiger partial charge in [0.25, 0.3) is 0 Å². The number of hydrogen-bond acceptors (Lipinski definition) is 4. The van der Waals surface area contributed by atoms with Gasteiger partial charge in [0.2, 0.25) is 5.91 Å². The van der Waals surface area contributed by atoms with E-state index in [9.17, 15) is 9.90 Å². The second-order valence-electron chi connectivity index (χ2n) is 10.6. The highest BCUT2D eigenvalue weighted by Crippen LogP contribution is 2.59. The summed E-state index contributed by atoms with van der Waals surface area (Å²) in [5.41, 5.74) is 4.97. The van der Waals surface area contributed by atoms with Crippen LogP contribution < -0.4 is 5.32 Å². The van der Waals surface area contributed by atoms with Gasteiger partial charge >= 0.3 is 0 Å². The molecule has 6 nitrogen and oxygen atoms in total. The lowest BCUT2D eigenvalue weighted by Gasteiger charge is -2.28. The maximum atomic E-state index is 13.4. The van der Waals surface area contributed by atoms with Gasteiger partial charge in [-0.25, -0.2) is 0 Å². The summed E-state index contributed by atoms with van der Waals surface area (Å²) in [6.07, 6.45) is 11.4. The molecule has 34 heavy (non-hydrogen) atoms. The zero-order chi connectivity index (χ0) is 24.5. The number of nitrogens with one attached hydrogen (secondary N) is 2. The molecule has 0 aromatic carbocycles. The van der Waals surface area contributed by atoms with Crippen LogP contribution in [0.1, 0.15) is 73.5 Å². The van der Waals surface area contributed by atoms with Gasteiger partial charge in [-0.05, 0) is 94.9 Å². The van der Waals surface area contributed by atoms with Gasteiger partial charge in [-0.15, -0.1) is 0 Å². The molecular formula is C28H38N4O2. The molecule has 0 bridgehead atoms. The number of amides is 1. The molecule has 4 rings (SSSR count). The predicted octanol–water partition coefficient (Wildman–Crippen LogP) is 4.88. The molecule has 1 unspecified atom stereocenters. The highest BCUT2D eigenvalue weighted by Gasteiger charge is 2.53. The zero-order valence-corrected chi connectivity index (χ0v) is 20.9. The van der Waals surface area contributed by atoms with Crippen molar-refractivity contribution in [1.29, 1.82) is 0 Å². The van der Waals surface area contributed by atoms with Crippen LogP contribution in [-0.2, 0) is 10.4 Å². The predicted molar refractivity (Wildman–Crippen MR) is 136 cm³/mol. The molecule has 0 saturated heterocycles. The summed E-state index contributed by atoms with van der Waals surface area (Å²) in [4.78, 5) is 25.7. The Morgan fingerprint density at radius 1 is 1.29 bits per heavy atom. The van der Waals surface area contributed by atoms with Gasteiger partial charge in [0.15, 0.2) is 0 Å². The summed E-state index contributed by atoms with van der Waals surface area (Å²) < 4.78 is 0. The van der Waals surface area contributed by atoms with E-state index >= 15 is 0 Å². The van der Waals surface area contributed by atoms with Crippen molar-refractivity contribution < 1.29 is 9.90 Å². The van der Waals surface area contributed by atoms with Crippen LogP contribution in [0, 0.1) is 38.0 Å². The van der Waals surface area contributed by atoms with Crippen LogP contribution in [0.4, 0.5) is 0 Å². The Balaban J connectivity index is 1.45. The summed E-state index contributed by atoms with van der Waals surface area (Å²) in [5.74, 6) is 0.339. The minimum atomic E-state index is -1.21. The Morgan fingerprint density at radius 3 is 2.68 bits per heavy atom. The van der Waals surface area contributed by atoms with Gasteiger partial charge in [-0.3, -0.25) is 14.8 Å². The lowest BCUT2D eigenvalue weighted by atomic mass is 9.84. The van der Waals surface area contributed by atoms with Crippen molar-refractivity contribution in [2.45, 2.75) is 71.8 Å². The van der Waals surface area contributed by atoms with Crippen molar-refractivity contribution >= 4 is 11.6 Å². The van der Waals surface area contributed by atoms with E-state index in [0.29, 0.717) is 11.6 Å². The molecular weight excluding hydrogens is 424 g/mol. The number of hydrogen-bond donors (Lipinski definition) is 3. The molecule has 182 valence electrons. The number of H-pyrrole nitrogens is 1. The second-order valence-corrected chi connectivity index (χ2v) is 10.6. The number of aliphatic hydroxyl groups is 1. The van der Waals surface area contributed by atoms with E-state index < -0.39 is 5.60 Å². The van der Waals surface area contributed by atoms with Gasteiger partial charge in [-0.1, -0.05) is 6.58 Å². The number of nitrogens with zero attached hydrogens (tertiary/aromatic N) is 2. The molecule has 2 aromatic heterocycles. The second kappa shape index (κ2) is 9.49. The monoisotopic (exact) mass is 462 g/mol. The lowest BCUT2D eigenvalue weighted by molar-refractivity contribution is -0.128. The van der Waals surface area contributed by atoms with Crippen LogP contribution in [0.25, 0.3) is 0 Å². The lowest BCUT2D eigenvalue weighted by Crippen LogP contribution is -2.43. The first-order valence-corrected chi connectivity index (χ1v) is 12.4. The SMILES string of the molecule is C=CN=C(c1cc[nH]c1C)C1CC[C@H](C(=O)NC[C@@](C)(O)c2cc(C)c(C)cn2)C2(CC1)CC2. The Bertz CT molecular complexity index is 1090. The first-order chi connectivity index (χ1) is 16.2. The van der Waals surface area contributed by atoms with Crippen LogP contribution in [0.5, 0.6) is 0 Å². The van der Waals surface area contributed by atoms with Crippen LogP contribution in [0.2, 0.25) is 0 Å². The third-order valence-corrected chi connectivity index (χ3v) is 8.12. The quantitative estimate of drug-likeness (QED) is 0.512. The summed E-state index contributed by atoms with van der Waals surface area (Å²) >= 11 is 0. The summed E-state index contributed by atoms with van der Waals surface area (Å²) in [6, 6.07) is 3.99. The molecule has 2 aromatic rings. The summed E-state index contributed by atoms with van der Waals surface area (Å²) in [6.45, 7) is 11.8. The minimum absolute atomic E-state index is 0.0293. The number of aromatic nitrogens is 2. The average Bonchev–Trinajstić information content (AvgIpc) is 3.51. The zero-order valence-electron chi connectivity index (χ0n) is 20.9. The van der Waals surface area contributed by atoms with Gasteiger partial charge in [0, 0.05) is 41.7 Å². The highest BCUT2D eigenvalue weighted by atomic mass is 16.3. The van der Waals surface area contributed by atoms with E-state index in [1.54, 1.807) is 19.3 Å². The molecule has 1 spiro atoms. The van der Waals surface area contributed by atoms with Crippen molar-refractivity contribution in [1.82, 2.24) is 15.3 Å². The fourth-order valence-corrected chi connectivity index (χ4v) is 5.51. The Hall–Kier alpha value is -2.73. The van der Waals surface area contributed by atoms with Crippen molar-refractivity contribution in [3.05, 3.63) is 65.4 Å². The molecule has 6 heteroatoms. The van der Waals surface area contributed by atoms with Gasteiger partial charge < -0.3 is 15.4 Å². The smallest absolute Gasteiger partial charge is 0.223 e. The number of pyridine rings is 1. The molecule has 2 fully saturated rings. The van der Waals surface area contributed by atoms with Crippen LogP contribution in [0.3, 0.4) is 0 Å². The van der Waals surface area contributed by atoms with E-state index in [-0.39, 0.29) is 23.8 Å². The molecule has 2 aliphatic carbocycles. The van der Waals surface area contributed by atoms with E-state index in [4.69, 9.17) is 0 Å². The van der Waals surface area contributed by atoms with Crippen molar-refractivity contribution in [3.8, 4) is 0 Å². The molecule has 2 saturated carbocycles. The van der Waals surface area contributed by atoms with Gasteiger partial charge in [0.1, 0.15) is 5.60 Å². The standard InChI is InChI=1S/C28H38N4O2/c1-6-29-25(22-10-14-30-20(22)4)21-7-8-23(28(11-9-21)12-13-28)26(33)32-17-27(5,34)24-15-18(2)19(3)16-31-24/h6,10,14-16,21,23,30,34H,1,7-9,11-13,17H2,2-5H3,(H,32,33)/t21?,23-,27-/m1/s1. The van der Waals surface area contributed by atoms with Gasteiger partial charge in [-0.2, -0.15) is 0 Å². The normalized spacial score (nSPS) is 23.7.